The van der Waals surface area contributed by atoms with Crippen LogP contribution in [0, 0.1) is 17.5 Å². The van der Waals surface area contributed by atoms with Crippen LogP contribution in [0.25, 0.3) is 11.1 Å². The van der Waals surface area contributed by atoms with Crippen molar-refractivity contribution in [2.75, 3.05) is 11.9 Å². The van der Waals surface area contributed by atoms with Gasteiger partial charge in [0.25, 0.3) is 6.01 Å². The van der Waals surface area contributed by atoms with Gasteiger partial charge in [-0.1, -0.05) is 24.4 Å². The SMILES string of the molecule is OC(CCNS)CCc1cc2oc(Nc3cc(F)c(F)c(F)c3)nc2cc1Cl. The quantitative estimate of drug-likeness (QED) is 0.306. The van der Waals surface area contributed by atoms with Crippen LogP contribution in [0.2, 0.25) is 5.02 Å². The number of thiol groups is 1. The zero-order valence-corrected chi connectivity index (χ0v) is 16.1. The van der Waals surface area contributed by atoms with Crippen LogP contribution in [0.4, 0.5) is 24.9 Å². The Kier molecular flexibility index (Phi) is 6.71. The van der Waals surface area contributed by atoms with E-state index in [2.05, 4.69) is 27.8 Å². The molecular weight excluding hydrogens is 415 g/mol. The number of hydrogen-bond acceptors (Lipinski definition) is 6. The molecule has 0 fully saturated rings. The van der Waals surface area contributed by atoms with Gasteiger partial charge in [0, 0.05) is 29.4 Å². The van der Waals surface area contributed by atoms with Gasteiger partial charge in [0.05, 0.1) is 6.10 Å². The summed E-state index contributed by atoms with van der Waals surface area (Å²) in [5.41, 5.74) is 1.58. The molecule has 3 N–H and O–H groups in total. The summed E-state index contributed by atoms with van der Waals surface area (Å²) < 4.78 is 47.9. The van der Waals surface area contributed by atoms with Gasteiger partial charge in [-0.05, 0) is 37.0 Å². The third kappa shape index (κ3) is 4.91. The molecule has 1 aromatic heterocycles. The lowest BCUT2D eigenvalue weighted by Crippen LogP contribution is -2.14. The minimum Gasteiger partial charge on any atom is -0.423 e. The van der Waals surface area contributed by atoms with Crippen LogP contribution in [0.1, 0.15) is 18.4 Å². The molecule has 0 aliphatic heterocycles. The van der Waals surface area contributed by atoms with Crippen molar-refractivity contribution < 1.29 is 22.7 Å². The van der Waals surface area contributed by atoms with Gasteiger partial charge in [-0.2, -0.15) is 4.98 Å². The first-order chi connectivity index (χ1) is 13.4. The van der Waals surface area contributed by atoms with Crippen LogP contribution in [0.15, 0.2) is 28.7 Å². The molecule has 3 rings (SSSR count). The first-order valence-electron chi connectivity index (χ1n) is 8.43. The molecule has 10 heteroatoms. The Hall–Kier alpha value is -1.94. The van der Waals surface area contributed by atoms with E-state index in [1.807, 2.05) is 0 Å². The highest BCUT2D eigenvalue weighted by Gasteiger charge is 2.14. The minimum atomic E-state index is -1.55. The summed E-state index contributed by atoms with van der Waals surface area (Å²) in [7, 11) is 0. The molecule has 150 valence electrons. The number of aliphatic hydroxyl groups is 1. The average molecular weight is 432 g/mol. The van der Waals surface area contributed by atoms with Crippen LogP contribution in [-0.2, 0) is 6.42 Å². The molecule has 0 saturated carbocycles. The summed E-state index contributed by atoms with van der Waals surface area (Å²) in [6.45, 7) is 0.582. The Morgan fingerprint density at radius 1 is 1.14 bits per heavy atom. The highest BCUT2D eigenvalue weighted by molar-refractivity contribution is 7.78. The minimum absolute atomic E-state index is 0.0199. The number of nitrogens with one attached hydrogen (secondary N) is 2. The molecule has 1 unspecified atom stereocenters. The number of aromatic nitrogens is 1. The number of rotatable bonds is 8. The third-order valence-electron chi connectivity index (χ3n) is 4.13. The van der Waals surface area contributed by atoms with Crippen molar-refractivity contribution in [2.24, 2.45) is 0 Å². The Bertz CT molecular complexity index is 963. The second-order valence-corrected chi connectivity index (χ2v) is 6.92. The normalized spacial score (nSPS) is 12.5. The van der Waals surface area contributed by atoms with Gasteiger partial charge < -0.3 is 14.8 Å². The molecule has 0 spiro atoms. The van der Waals surface area contributed by atoms with Crippen LogP contribution in [-0.4, -0.2) is 22.7 Å². The fourth-order valence-electron chi connectivity index (χ4n) is 2.68. The van der Waals surface area contributed by atoms with Gasteiger partial charge in [0.1, 0.15) is 5.52 Å². The smallest absolute Gasteiger partial charge is 0.300 e. The first kappa shape index (κ1) is 20.8. The lowest BCUT2D eigenvalue weighted by molar-refractivity contribution is 0.156. The number of benzene rings is 2. The topological polar surface area (TPSA) is 70.3 Å². The summed E-state index contributed by atoms with van der Waals surface area (Å²) in [4.78, 5) is 4.16. The molecule has 0 saturated heterocycles. The van der Waals surface area contributed by atoms with Crippen LogP contribution >= 0.6 is 24.4 Å². The molecule has 1 heterocycles. The summed E-state index contributed by atoms with van der Waals surface area (Å²) in [5, 5.41) is 13.0. The maximum Gasteiger partial charge on any atom is 0.300 e. The van der Waals surface area contributed by atoms with Crippen molar-refractivity contribution in [2.45, 2.75) is 25.4 Å². The number of halogens is 4. The molecule has 3 aromatic rings. The van der Waals surface area contributed by atoms with E-state index in [0.29, 0.717) is 41.9 Å². The Morgan fingerprint density at radius 2 is 1.86 bits per heavy atom. The van der Waals surface area contributed by atoms with E-state index < -0.39 is 23.6 Å². The first-order valence-corrected chi connectivity index (χ1v) is 9.25. The second kappa shape index (κ2) is 9.04. The molecule has 0 bridgehead atoms. The zero-order valence-electron chi connectivity index (χ0n) is 14.5. The van der Waals surface area contributed by atoms with Crippen LogP contribution in [0.3, 0.4) is 0 Å². The number of nitrogens with zero attached hydrogens (tertiary/aromatic N) is 1. The highest BCUT2D eigenvalue weighted by atomic mass is 35.5. The van der Waals surface area contributed by atoms with E-state index in [4.69, 9.17) is 16.0 Å². The second-order valence-electron chi connectivity index (χ2n) is 6.20. The van der Waals surface area contributed by atoms with Crippen LogP contribution in [0.5, 0.6) is 0 Å². The van der Waals surface area contributed by atoms with Gasteiger partial charge in [-0.25, -0.2) is 13.2 Å². The lowest BCUT2D eigenvalue weighted by Gasteiger charge is -2.10. The summed E-state index contributed by atoms with van der Waals surface area (Å²) in [6, 6.07) is 4.88. The van der Waals surface area contributed by atoms with Gasteiger partial charge in [0.2, 0.25) is 0 Å². The number of aliphatic hydroxyl groups excluding tert-OH is 1. The summed E-state index contributed by atoms with van der Waals surface area (Å²) in [6.07, 6.45) is 1.10. The predicted octanol–water partition coefficient (Wildman–Crippen LogP) is 4.76. The van der Waals surface area contributed by atoms with Crippen molar-refractivity contribution in [3.8, 4) is 0 Å². The molecule has 5 nitrogen and oxygen atoms in total. The number of fused-ring (bicyclic) bond motifs is 1. The number of anilines is 2. The summed E-state index contributed by atoms with van der Waals surface area (Å²) in [5.74, 6) is -4.20. The molecule has 0 amide bonds. The molecule has 0 radical (unpaired) electrons. The maximum absolute atomic E-state index is 13.3. The monoisotopic (exact) mass is 431 g/mol. The standard InChI is InChI=1S/C18H17ClF3N3O2S/c19-12-8-15-16(5-9(12)1-2-11(26)3-4-23-28)27-18(25-15)24-10-6-13(20)17(22)14(21)7-10/h5-8,11,23,26,28H,1-4H2,(H,24,25). The third-order valence-corrected chi connectivity index (χ3v) is 4.70. The van der Waals surface area contributed by atoms with E-state index in [1.54, 1.807) is 12.1 Å². The van der Waals surface area contributed by atoms with Gasteiger partial charge in [-0.15, -0.1) is 0 Å². The zero-order chi connectivity index (χ0) is 20.3. The van der Waals surface area contributed by atoms with E-state index >= 15 is 0 Å². The Balaban J connectivity index is 1.76. The Morgan fingerprint density at radius 3 is 2.54 bits per heavy atom. The van der Waals surface area contributed by atoms with Crippen LogP contribution < -0.4 is 10.0 Å². The van der Waals surface area contributed by atoms with Crippen molar-refractivity contribution in [3.63, 3.8) is 0 Å². The van der Waals surface area contributed by atoms with Gasteiger partial charge in [0.15, 0.2) is 23.0 Å². The highest BCUT2D eigenvalue weighted by Crippen LogP contribution is 2.29. The predicted molar refractivity (Wildman–Crippen MR) is 105 cm³/mol. The molecular formula is C18H17ClF3N3O2S. The number of hydrogen-bond donors (Lipinski definition) is 4. The summed E-state index contributed by atoms with van der Waals surface area (Å²) >= 11 is 10.1. The molecule has 2 aromatic carbocycles. The fourth-order valence-corrected chi connectivity index (χ4v) is 3.07. The largest absolute Gasteiger partial charge is 0.423 e. The van der Waals surface area contributed by atoms with Gasteiger partial charge >= 0.3 is 0 Å². The van der Waals surface area contributed by atoms with E-state index in [0.717, 1.165) is 17.7 Å². The lowest BCUT2D eigenvalue weighted by atomic mass is 10.0. The van der Waals surface area contributed by atoms with Crippen molar-refractivity contribution in [1.82, 2.24) is 9.71 Å². The van der Waals surface area contributed by atoms with E-state index in [1.165, 1.54) is 0 Å². The van der Waals surface area contributed by atoms with Crippen molar-refractivity contribution in [1.29, 1.82) is 0 Å². The van der Waals surface area contributed by atoms with Crippen molar-refractivity contribution >= 4 is 47.2 Å². The molecule has 28 heavy (non-hydrogen) atoms. The molecule has 0 aliphatic carbocycles. The van der Waals surface area contributed by atoms with Crippen molar-refractivity contribution in [3.05, 3.63) is 52.3 Å². The average Bonchev–Trinajstić information content (AvgIpc) is 3.03. The number of oxazole rings is 1. The number of aryl methyl sites for hydroxylation is 1. The maximum atomic E-state index is 13.3. The van der Waals surface area contributed by atoms with Gasteiger partial charge in [-0.3, -0.25) is 4.72 Å². The van der Waals surface area contributed by atoms with E-state index in [9.17, 15) is 18.3 Å². The molecule has 1 atom stereocenters. The fraction of sp³-hybridized carbons (Fsp3) is 0.278. The Labute approximate surface area is 169 Å². The molecule has 0 aliphatic rings. The van der Waals surface area contributed by atoms with E-state index in [-0.39, 0.29) is 11.7 Å².